The monoisotopic (exact) mass is 310 g/mol. The van der Waals surface area contributed by atoms with Gasteiger partial charge in [-0.1, -0.05) is 30.3 Å². The summed E-state index contributed by atoms with van der Waals surface area (Å²) in [6, 6.07) is 11.4. The quantitative estimate of drug-likeness (QED) is 0.860. The highest BCUT2D eigenvalue weighted by Gasteiger charge is 2.33. The van der Waals surface area contributed by atoms with Crippen LogP contribution in [-0.2, 0) is 12.7 Å². The third-order valence-corrected chi connectivity index (χ3v) is 3.33. The van der Waals surface area contributed by atoms with Crippen molar-refractivity contribution in [2.24, 2.45) is 0 Å². The number of aliphatic hydroxyl groups is 1. The van der Waals surface area contributed by atoms with Crippen molar-refractivity contribution in [3.63, 3.8) is 0 Å². The van der Waals surface area contributed by atoms with Crippen LogP contribution in [-0.4, -0.2) is 16.7 Å². The Hall–Kier alpha value is -1.92. The first-order valence-electron chi connectivity index (χ1n) is 6.92. The molecule has 1 aromatic heterocycles. The van der Waals surface area contributed by atoms with Crippen LogP contribution in [0.4, 0.5) is 13.2 Å². The van der Waals surface area contributed by atoms with Crippen LogP contribution >= 0.6 is 0 Å². The maximum atomic E-state index is 12.9. The lowest BCUT2D eigenvalue weighted by Gasteiger charge is -2.19. The van der Waals surface area contributed by atoms with Crippen LogP contribution in [0, 0.1) is 0 Å². The summed E-state index contributed by atoms with van der Waals surface area (Å²) in [5, 5.41) is 12.2. The summed E-state index contributed by atoms with van der Waals surface area (Å²) in [6.07, 6.45) is -2.67. The Balaban J connectivity index is 2.14. The summed E-state index contributed by atoms with van der Waals surface area (Å²) in [4.78, 5) is 3.83. The predicted molar refractivity (Wildman–Crippen MR) is 77.0 cm³/mol. The number of pyridine rings is 1. The molecule has 0 saturated heterocycles. The number of hydrogen-bond acceptors (Lipinski definition) is 3. The number of aromatic nitrogens is 1. The Morgan fingerprint density at radius 1 is 1.09 bits per heavy atom. The minimum absolute atomic E-state index is 0.0186. The first-order valence-corrected chi connectivity index (χ1v) is 6.92. The van der Waals surface area contributed by atoms with E-state index in [1.54, 1.807) is 0 Å². The van der Waals surface area contributed by atoms with Gasteiger partial charge in [0, 0.05) is 25.4 Å². The van der Waals surface area contributed by atoms with Gasteiger partial charge in [0.2, 0.25) is 0 Å². The Morgan fingerprint density at radius 3 is 2.45 bits per heavy atom. The number of benzene rings is 1. The number of rotatable bonds is 6. The standard InChI is InChI=1S/C16H17F3N2O/c17-16(18,19)13-7-4-9-20-15(13)11-21-14(8-10-22)12-5-2-1-3-6-12/h1-7,9,14,21-22H,8,10-11H2/t14-/m1/s1. The number of nitrogens with one attached hydrogen (secondary N) is 1. The van der Waals surface area contributed by atoms with Crippen molar-refractivity contribution in [1.82, 2.24) is 10.3 Å². The van der Waals surface area contributed by atoms with Gasteiger partial charge in [0.15, 0.2) is 0 Å². The van der Waals surface area contributed by atoms with Crippen LogP contribution < -0.4 is 5.32 Å². The maximum Gasteiger partial charge on any atom is 0.418 e. The highest BCUT2D eigenvalue weighted by molar-refractivity contribution is 5.24. The molecule has 0 fully saturated rings. The highest BCUT2D eigenvalue weighted by Crippen LogP contribution is 2.31. The van der Waals surface area contributed by atoms with Crippen molar-refractivity contribution in [1.29, 1.82) is 0 Å². The average Bonchev–Trinajstić information content (AvgIpc) is 2.51. The van der Waals surface area contributed by atoms with E-state index in [0.717, 1.165) is 11.6 Å². The van der Waals surface area contributed by atoms with Crippen molar-refractivity contribution in [3.8, 4) is 0 Å². The van der Waals surface area contributed by atoms with Gasteiger partial charge in [-0.3, -0.25) is 4.98 Å². The van der Waals surface area contributed by atoms with Crippen LogP contribution in [0.1, 0.15) is 29.3 Å². The van der Waals surface area contributed by atoms with Gasteiger partial charge in [-0.15, -0.1) is 0 Å². The number of aliphatic hydroxyl groups excluding tert-OH is 1. The predicted octanol–water partition coefficient (Wildman–Crippen LogP) is 3.31. The summed E-state index contributed by atoms with van der Waals surface area (Å²) in [5.41, 5.74) is 0.133. The van der Waals surface area contributed by atoms with Crippen LogP contribution in [0.3, 0.4) is 0 Å². The largest absolute Gasteiger partial charge is 0.418 e. The number of alkyl halides is 3. The molecule has 0 saturated carbocycles. The molecule has 0 unspecified atom stereocenters. The Morgan fingerprint density at radius 2 is 1.82 bits per heavy atom. The molecular formula is C16H17F3N2O. The molecule has 0 aliphatic carbocycles. The van der Waals surface area contributed by atoms with Gasteiger partial charge in [0.1, 0.15) is 0 Å². The fraction of sp³-hybridized carbons (Fsp3) is 0.312. The normalized spacial score (nSPS) is 13.1. The van der Waals surface area contributed by atoms with Gasteiger partial charge < -0.3 is 10.4 Å². The molecule has 0 radical (unpaired) electrons. The van der Waals surface area contributed by atoms with Crippen molar-refractivity contribution < 1.29 is 18.3 Å². The molecule has 0 aliphatic heterocycles. The third-order valence-electron chi connectivity index (χ3n) is 3.33. The van der Waals surface area contributed by atoms with E-state index in [9.17, 15) is 13.2 Å². The lowest BCUT2D eigenvalue weighted by molar-refractivity contribution is -0.138. The zero-order valence-corrected chi connectivity index (χ0v) is 11.8. The molecule has 2 N–H and O–H groups in total. The zero-order chi connectivity index (χ0) is 16.0. The summed E-state index contributed by atoms with van der Waals surface area (Å²) < 4.78 is 38.8. The van der Waals surface area contributed by atoms with Crippen LogP contribution in [0.5, 0.6) is 0 Å². The van der Waals surface area contributed by atoms with Gasteiger partial charge in [-0.05, 0) is 24.1 Å². The van der Waals surface area contributed by atoms with E-state index >= 15 is 0 Å². The van der Waals surface area contributed by atoms with Gasteiger partial charge in [0.05, 0.1) is 11.3 Å². The molecule has 1 heterocycles. The van der Waals surface area contributed by atoms with E-state index in [-0.39, 0.29) is 24.9 Å². The molecule has 118 valence electrons. The van der Waals surface area contributed by atoms with Gasteiger partial charge >= 0.3 is 6.18 Å². The molecule has 3 nitrogen and oxygen atoms in total. The van der Waals surface area contributed by atoms with Crippen LogP contribution in [0.25, 0.3) is 0 Å². The summed E-state index contributed by atoms with van der Waals surface area (Å²) in [5.74, 6) is 0. The van der Waals surface area contributed by atoms with Crippen LogP contribution in [0.2, 0.25) is 0 Å². The summed E-state index contributed by atoms with van der Waals surface area (Å²) >= 11 is 0. The minimum atomic E-state index is -4.43. The van der Waals surface area contributed by atoms with E-state index in [1.807, 2.05) is 30.3 Å². The lowest BCUT2D eigenvalue weighted by atomic mass is 10.0. The molecule has 0 aliphatic rings. The second kappa shape index (κ2) is 7.38. The molecule has 1 atom stereocenters. The number of hydrogen-bond donors (Lipinski definition) is 2. The molecule has 0 spiro atoms. The molecule has 1 aromatic carbocycles. The maximum absolute atomic E-state index is 12.9. The summed E-state index contributed by atoms with van der Waals surface area (Å²) in [7, 11) is 0. The van der Waals surface area contributed by atoms with E-state index in [0.29, 0.717) is 6.42 Å². The van der Waals surface area contributed by atoms with Crippen molar-refractivity contribution in [2.45, 2.75) is 25.2 Å². The second-order valence-electron chi connectivity index (χ2n) is 4.85. The van der Waals surface area contributed by atoms with Crippen LogP contribution in [0.15, 0.2) is 48.7 Å². The molecule has 6 heteroatoms. The SMILES string of the molecule is OCC[C@@H](NCc1ncccc1C(F)(F)F)c1ccccc1. The van der Waals surface area contributed by atoms with Gasteiger partial charge in [0.25, 0.3) is 0 Å². The fourth-order valence-corrected chi connectivity index (χ4v) is 2.26. The first kappa shape index (κ1) is 16.5. The molecule has 2 rings (SSSR count). The van der Waals surface area contributed by atoms with E-state index < -0.39 is 11.7 Å². The second-order valence-corrected chi connectivity index (χ2v) is 4.85. The minimum Gasteiger partial charge on any atom is -0.396 e. The average molecular weight is 310 g/mol. The van der Waals surface area contributed by atoms with E-state index in [4.69, 9.17) is 5.11 Å². The third kappa shape index (κ3) is 4.29. The summed E-state index contributed by atoms with van der Waals surface area (Å²) in [6.45, 7) is -0.0733. The Bertz CT molecular complexity index is 587. The van der Waals surface area contributed by atoms with E-state index in [1.165, 1.54) is 12.3 Å². The molecular weight excluding hydrogens is 293 g/mol. The van der Waals surface area contributed by atoms with Crippen molar-refractivity contribution in [3.05, 3.63) is 65.5 Å². The molecule has 22 heavy (non-hydrogen) atoms. The first-order chi connectivity index (χ1) is 10.5. The molecule has 0 amide bonds. The van der Waals surface area contributed by atoms with Gasteiger partial charge in [-0.2, -0.15) is 13.2 Å². The van der Waals surface area contributed by atoms with Crippen molar-refractivity contribution in [2.75, 3.05) is 6.61 Å². The van der Waals surface area contributed by atoms with Gasteiger partial charge in [-0.25, -0.2) is 0 Å². The fourth-order valence-electron chi connectivity index (χ4n) is 2.26. The zero-order valence-electron chi connectivity index (χ0n) is 11.8. The number of nitrogens with zero attached hydrogens (tertiary/aromatic N) is 1. The van der Waals surface area contributed by atoms with Crippen molar-refractivity contribution >= 4 is 0 Å². The highest BCUT2D eigenvalue weighted by atomic mass is 19.4. The Labute approximate surface area is 126 Å². The van der Waals surface area contributed by atoms with E-state index in [2.05, 4.69) is 10.3 Å². The lowest BCUT2D eigenvalue weighted by Crippen LogP contribution is -2.24. The Kier molecular flexibility index (Phi) is 5.51. The topological polar surface area (TPSA) is 45.1 Å². The number of halogens is 3. The molecule has 2 aromatic rings. The molecule has 0 bridgehead atoms. The smallest absolute Gasteiger partial charge is 0.396 e.